The highest BCUT2D eigenvalue weighted by Gasteiger charge is 1.93. The maximum Gasteiger partial charge on any atom is 0.123 e. The van der Waals surface area contributed by atoms with Crippen LogP contribution in [0.25, 0.3) is 0 Å². The van der Waals surface area contributed by atoms with Gasteiger partial charge in [0.2, 0.25) is 0 Å². The fraction of sp³-hybridized carbons (Fsp3) is 0.500. The Labute approximate surface area is 96.5 Å². The smallest absolute Gasteiger partial charge is 0.123 e. The summed E-state index contributed by atoms with van der Waals surface area (Å²) < 4.78 is 12.5. The number of halogens is 1. The molecule has 0 saturated carbocycles. The van der Waals surface area contributed by atoms with E-state index in [1.807, 2.05) is 33.0 Å². The molecule has 0 bridgehead atoms. The van der Waals surface area contributed by atoms with Crippen LogP contribution in [0.4, 0.5) is 4.39 Å². The molecule has 0 saturated heterocycles. The van der Waals surface area contributed by atoms with Crippen LogP contribution < -0.4 is 5.32 Å². The lowest BCUT2D eigenvalue weighted by Crippen LogP contribution is -2.07. The van der Waals surface area contributed by atoms with E-state index >= 15 is 0 Å². The van der Waals surface area contributed by atoms with Crippen molar-refractivity contribution < 1.29 is 4.39 Å². The highest BCUT2D eigenvalue weighted by atomic mass is 32.2. The Kier molecular flexibility index (Phi) is 9.63. The molecule has 86 valence electrons. The molecule has 1 rings (SSSR count). The molecule has 0 aliphatic heterocycles. The maximum atomic E-state index is 12.5. The normalized spacial score (nSPS) is 9.33. The van der Waals surface area contributed by atoms with Crippen molar-refractivity contribution in [2.24, 2.45) is 0 Å². The third-order valence-corrected chi connectivity index (χ3v) is 2.75. The summed E-state index contributed by atoms with van der Waals surface area (Å²) in [6.07, 6.45) is 1.14. The summed E-state index contributed by atoms with van der Waals surface area (Å²) in [7, 11) is 1.95. The minimum Gasteiger partial charge on any atom is -0.320 e. The Morgan fingerprint density at radius 1 is 1.20 bits per heavy atom. The van der Waals surface area contributed by atoms with E-state index < -0.39 is 0 Å². The van der Waals surface area contributed by atoms with Gasteiger partial charge in [-0.15, -0.1) is 11.8 Å². The number of nitrogens with one attached hydrogen (secondary N) is 1. The van der Waals surface area contributed by atoms with Crippen molar-refractivity contribution >= 4 is 11.8 Å². The lowest BCUT2D eigenvalue weighted by Gasteiger charge is -2.00. The van der Waals surface area contributed by atoms with Gasteiger partial charge in [0.15, 0.2) is 0 Å². The molecule has 0 atom stereocenters. The molecule has 1 aromatic rings. The monoisotopic (exact) mass is 229 g/mol. The number of hydrogen-bond acceptors (Lipinski definition) is 2. The Morgan fingerprint density at radius 2 is 1.80 bits per heavy atom. The number of rotatable bonds is 5. The summed E-state index contributed by atoms with van der Waals surface area (Å²) in [5, 5.41) is 3.09. The molecule has 0 fully saturated rings. The van der Waals surface area contributed by atoms with Gasteiger partial charge >= 0.3 is 0 Å². The predicted molar refractivity (Wildman–Crippen MR) is 67.0 cm³/mol. The van der Waals surface area contributed by atoms with Gasteiger partial charge in [-0.1, -0.05) is 13.8 Å². The van der Waals surface area contributed by atoms with Crippen molar-refractivity contribution in [2.45, 2.75) is 25.2 Å². The SMILES string of the molecule is CC.CNCCCSc1ccc(F)cc1. The summed E-state index contributed by atoms with van der Waals surface area (Å²) in [5.41, 5.74) is 0. The van der Waals surface area contributed by atoms with Gasteiger partial charge < -0.3 is 5.32 Å². The van der Waals surface area contributed by atoms with Gasteiger partial charge in [-0.2, -0.15) is 0 Å². The highest BCUT2D eigenvalue weighted by molar-refractivity contribution is 7.99. The Balaban J connectivity index is 0.000000921. The van der Waals surface area contributed by atoms with Gasteiger partial charge in [-0.3, -0.25) is 0 Å². The van der Waals surface area contributed by atoms with Crippen molar-refractivity contribution in [2.75, 3.05) is 19.3 Å². The van der Waals surface area contributed by atoms with E-state index in [1.165, 1.54) is 12.1 Å². The van der Waals surface area contributed by atoms with Crippen LogP contribution in [0, 0.1) is 5.82 Å². The lowest BCUT2D eigenvalue weighted by atomic mass is 10.4. The summed E-state index contributed by atoms with van der Waals surface area (Å²) in [6.45, 7) is 5.04. The predicted octanol–water partition coefficient (Wildman–Crippen LogP) is 3.55. The Hall–Kier alpha value is -0.540. The van der Waals surface area contributed by atoms with E-state index in [2.05, 4.69) is 5.32 Å². The van der Waals surface area contributed by atoms with E-state index in [0.717, 1.165) is 23.6 Å². The van der Waals surface area contributed by atoms with Gasteiger partial charge in [0, 0.05) is 4.90 Å². The van der Waals surface area contributed by atoms with Crippen LogP contribution in [0.2, 0.25) is 0 Å². The minimum atomic E-state index is -0.167. The van der Waals surface area contributed by atoms with Crippen LogP contribution in [0.3, 0.4) is 0 Å². The third-order valence-electron chi connectivity index (χ3n) is 1.65. The van der Waals surface area contributed by atoms with Crippen molar-refractivity contribution in [3.05, 3.63) is 30.1 Å². The van der Waals surface area contributed by atoms with Crippen LogP contribution >= 0.6 is 11.8 Å². The van der Waals surface area contributed by atoms with Crippen molar-refractivity contribution in [1.82, 2.24) is 5.32 Å². The van der Waals surface area contributed by atoms with Crippen molar-refractivity contribution in [3.8, 4) is 0 Å². The molecule has 0 heterocycles. The quantitative estimate of drug-likeness (QED) is 0.612. The molecule has 3 heteroatoms. The molecule has 1 nitrogen and oxygen atoms in total. The van der Waals surface area contributed by atoms with Crippen LogP contribution in [-0.4, -0.2) is 19.3 Å². The van der Waals surface area contributed by atoms with Crippen LogP contribution in [0.15, 0.2) is 29.2 Å². The van der Waals surface area contributed by atoms with Gasteiger partial charge in [0.1, 0.15) is 5.82 Å². The molecule has 0 unspecified atom stereocenters. The Bertz CT molecular complexity index is 236. The fourth-order valence-electron chi connectivity index (χ4n) is 0.970. The lowest BCUT2D eigenvalue weighted by molar-refractivity contribution is 0.626. The van der Waals surface area contributed by atoms with E-state index in [4.69, 9.17) is 0 Å². The topological polar surface area (TPSA) is 12.0 Å². The molecule has 0 aliphatic carbocycles. The standard InChI is InChI=1S/C10H14FNS.C2H6/c1-12-7-2-8-13-10-5-3-9(11)4-6-10;1-2/h3-6,12H,2,7-8H2,1H3;1-2H3. The molecule has 0 aliphatic rings. The summed E-state index contributed by atoms with van der Waals surface area (Å²) >= 11 is 1.76. The zero-order chi connectivity index (χ0) is 11.5. The van der Waals surface area contributed by atoms with Gasteiger partial charge in [-0.05, 0) is 50.0 Å². The van der Waals surface area contributed by atoms with E-state index in [-0.39, 0.29) is 5.82 Å². The fourth-order valence-corrected chi connectivity index (χ4v) is 1.82. The third kappa shape index (κ3) is 7.40. The molecule has 0 aromatic heterocycles. The summed E-state index contributed by atoms with van der Waals surface area (Å²) in [4.78, 5) is 1.14. The highest BCUT2D eigenvalue weighted by Crippen LogP contribution is 2.18. The molecular weight excluding hydrogens is 209 g/mol. The van der Waals surface area contributed by atoms with Crippen LogP contribution in [0.1, 0.15) is 20.3 Å². The van der Waals surface area contributed by atoms with Crippen molar-refractivity contribution in [1.29, 1.82) is 0 Å². The molecule has 1 aromatic carbocycles. The number of hydrogen-bond donors (Lipinski definition) is 1. The van der Waals surface area contributed by atoms with E-state index in [0.29, 0.717) is 0 Å². The molecule has 1 N–H and O–H groups in total. The van der Waals surface area contributed by atoms with Crippen molar-refractivity contribution in [3.63, 3.8) is 0 Å². The second-order valence-corrected chi connectivity index (χ2v) is 3.93. The second kappa shape index (κ2) is 9.99. The molecular formula is C12H20FNS. The average Bonchev–Trinajstić information content (AvgIpc) is 2.30. The minimum absolute atomic E-state index is 0.167. The Morgan fingerprint density at radius 3 is 2.33 bits per heavy atom. The maximum absolute atomic E-state index is 12.5. The first kappa shape index (κ1) is 14.5. The van der Waals surface area contributed by atoms with Gasteiger partial charge in [0.25, 0.3) is 0 Å². The van der Waals surface area contributed by atoms with Gasteiger partial charge in [-0.25, -0.2) is 4.39 Å². The molecule has 0 spiro atoms. The summed E-state index contributed by atoms with van der Waals surface area (Å²) in [5.74, 6) is 0.909. The molecule has 0 amide bonds. The van der Waals surface area contributed by atoms with E-state index in [9.17, 15) is 4.39 Å². The molecule has 15 heavy (non-hydrogen) atoms. The number of thioether (sulfide) groups is 1. The molecule has 0 radical (unpaired) electrons. The zero-order valence-electron chi connectivity index (χ0n) is 9.72. The van der Waals surface area contributed by atoms with E-state index in [1.54, 1.807) is 11.8 Å². The van der Waals surface area contributed by atoms with Crippen LogP contribution in [0.5, 0.6) is 0 Å². The number of benzene rings is 1. The largest absolute Gasteiger partial charge is 0.320 e. The first-order chi connectivity index (χ1) is 7.33. The summed E-state index contributed by atoms with van der Waals surface area (Å²) in [6, 6.07) is 6.64. The van der Waals surface area contributed by atoms with Gasteiger partial charge in [0.05, 0.1) is 0 Å². The second-order valence-electron chi connectivity index (χ2n) is 2.76. The van der Waals surface area contributed by atoms with Crippen LogP contribution in [-0.2, 0) is 0 Å². The zero-order valence-corrected chi connectivity index (χ0v) is 10.5. The first-order valence-corrected chi connectivity index (χ1v) is 6.34. The first-order valence-electron chi connectivity index (χ1n) is 5.36. The average molecular weight is 229 g/mol.